The zero-order valence-electron chi connectivity index (χ0n) is 5.78. The molecule has 1 rings (SSSR count). The first-order valence-electron chi connectivity index (χ1n) is 3.13. The summed E-state index contributed by atoms with van der Waals surface area (Å²) < 4.78 is 0. The third-order valence-corrected chi connectivity index (χ3v) is 1.17. The Hall–Kier alpha value is -1.64. The summed E-state index contributed by atoms with van der Waals surface area (Å²) >= 11 is 0. The number of pyridine rings is 1. The largest absolute Gasteiger partial charge is 0.329 e. The number of carbonyl (C=O) groups is 1. The molecule has 1 N–H and O–H groups in total. The van der Waals surface area contributed by atoms with Gasteiger partial charge in [0.1, 0.15) is 6.29 Å². The first-order chi connectivity index (χ1) is 5.33. The zero-order chi connectivity index (χ0) is 8.10. The predicted molar refractivity (Wildman–Crippen MR) is 42.2 cm³/mol. The number of H-pyrrole nitrogens is 1. The summed E-state index contributed by atoms with van der Waals surface area (Å²) in [5.74, 6) is 0. The Morgan fingerprint density at radius 2 is 2.27 bits per heavy atom. The number of allylic oxidation sites excluding steroid dienone is 1. The first-order valence-corrected chi connectivity index (χ1v) is 3.13. The predicted octanol–water partition coefficient (Wildman–Crippen LogP) is 0.587. The number of nitrogens with one attached hydrogen (secondary N) is 1. The second-order valence-corrected chi connectivity index (χ2v) is 1.98. The quantitative estimate of drug-likeness (QED) is 0.494. The van der Waals surface area contributed by atoms with Crippen LogP contribution in [0, 0.1) is 0 Å². The molecule has 0 radical (unpaired) electrons. The van der Waals surface area contributed by atoms with E-state index in [1.807, 2.05) is 0 Å². The van der Waals surface area contributed by atoms with Gasteiger partial charge < -0.3 is 4.98 Å². The molecule has 56 valence electrons. The van der Waals surface area contributed by atoms with Gasteiger partial charge in [-0.1, -0.05) is 6.08 Å². The van der Waals surface area contributed by atoms with E-state index in [0.29, 0.717) is 6.29 Å². The topological polar surface area (TPSA) is 49.9 Å². The van der Waals surface area contributed by atoms with Gasteiger partial charge in [0.15, 0.2) is 0 Å². The Morgan fingerprint density at radius 3 is 2.91 bits per heavy atom. The van der Waals surface area contributed by atoms with Crippen molar-refractivity contribution in [1.29, 1.82) is 0 Å². The van der Waals surface area contributed by atoms with Gasteiger partial charge in [-0.3, -0.25) is 9.59 Å². The van der Waals surface area contributed by atoms with E-state index < -0.39 is 0 Å². The molecule has 0 fully saturated rings. The molecule has 0 atom stereocenters. The maximum absolute atomic E-state index is 10.7. The van der Waals surface area contributed by atoms with E-state index >= 15 is 0 Å². The summed E-state index contributed by atoms with van der Waals surface area (Å²) in [4.78, 5) is 23.0. The highest BCUT2D eigenvalue weighted by Gasteiger charge is 1.84. The maximum Gasteiger partial charge on any atom is 0.248 e. The van der Waals surface area contributed by atoms with Crippen molar-refractivity contribution in [2.45, 2.75) is 0 Å². The van der Waals surface area contributed by atoms with E-state index in [9.17, 15) is 9.59 Å². The van der Waals surface area contributed by atoms with E-state index in [-0.39, 0.29) is 5.56 Å². The van der Waals surface area contributed by atoms with Gasteiger partial charge in [-0.05, 0) is 17.7 Å². The van der Waals surface area contributed by atoms with Crippen LogP contribution in [0.5, 0.6) is 0 Å². The van der Waals surface area contributed by atoms with Gasteiger partial charge in [-0.25, -0.2) is 0 Å². The molecular weight excluding hydrogens is 142 g/mol. The van der Waals surface area contributed by atoms with Gasteiger partial charge in [-0.15, -0.1) is 0 Å². The fraction of sp³-hybridized carbons (Fsp3) is 0. The van der Waals surface area contributed by atoms with Crippen molar-refractivity contribution in [2.24, 2.45) is 0 Å². The lowest BCUT2D eigenvalue weighted by Gasteiger charge is -1.87. The Morgan fingerprint density at radius 1 is 1.45 bits per heavy atom. The molecule has 0 aliphatic rings. The zero-order valence-corrected chi connectivity index (χ0v) is 5.78. The molecule has 0 amide bonds. The number of rotatable bonds is 2. The summed E-state index contributed by atoms with van der Waals surface area (Å²) in [6.07, 6.45) is 5.12. The molecule has 0 unspecified atom stereocenters. The van der Waals surface area contributed by atoms with E-state index in [4.69, 9.17) is 0 Å². The summed E-state index contributed by atoms with van der Waals surface area (Å²) in [5, 5.41) is 0. The number of aromatic nitrogens is 1. The standard InChI is InChI=1S/C8H7NO2/c10-5-1-2-7-3-4-9-8(11)6-7/h1-6H,(H,9,11). The summed E-state index contributed by atoms with van der Waals surface area (Å²) in [7, 11) is 0. The SMILES string of the molecule is O=CC=Cc1cc[nH]c(=O)c1. The lowest BCUT2D eigenvalue weighted by molar-refractivity contribution is -0.104. The van der Waals surface area contributed by atoms with Crippen LogP contribution >= 0.6 is 0 Å². The van der Waals surface area contributed by atoms with Crippen LogP contribution in [0.1, 0.15) is 5.56 Å². The lowest BCUT2D eigenvalue weighted by Crippen LogP contribution is -2.01. The van der Waals surface area contributed by atoms with Gasteiger partial charge in [0.2, 0.25) is 5.56 Å². The summed E-state index contributed by atoms with van der Waals surface area (Å²) in [6, 6.07) is 3.13. The molecule has 1 aromatic heterocycles. The fourth-order valence-electron chi connectivity index (χ4n) is 0.715. The van der Waals surface area contributed by atoms with Crippen LogP contribution in [0.25, 0.3) is 6.08 Å². The number of aromatic amines is 1. The number of hydrogen-bond acceptors (Lipinski definition) is 2. The van der Waals surface area contributed by atoms with Gasteiger partial charge in [0.25, 0.3) is 0 Å². The van der Waals surface area contributed by atoms with Crippen molar-refractivity contribution in [2.75, 3.05) is 0 Å². The van der Waals surface area contributed by atoms with Crippen LogP contribution in [-0.4, -0.2) is 11.3 Å². The van der Waals surface area contributed by atoms with E-state index in [1.54, 1.807) is 12.1 Å². The summed E-state index contributed by atoms with van der Waals surface area (Å²) in [6.45, 7) is 0. The van der Waals surface area contributed by atoms with Crippen molar-refractivity contribution >= 4 is 12.4 Å². The van der Waals surface area contributed by atoms with Crippen molar-refractivity contribution < 1.29 is 4.79 Å². The van der Waals surface area contributed by atoms with Crippen LogP contribution in [0.4, 0.5) is 0 Å². The molecule has 0 saturated carbocycles. The molecule has 0 aliphatic heterocycles. The van der Waals surface area contributed by atoms with Crippen LogP contribution in [-0.2, 0) is 4.79 Å². The minimum atomic E-state index is -0.168. The fourth-order valence-corrected chi connectivity index (χ4v) is 0.715. The average molecular weight is 149 g/mol. The van der Waals surface area contributed by atoms with Gasteiger partial charge in [-0.2, -0.15) is 0 Å². The Bertz CT molecular complexity index is 325. The normalized spacial score (nSPS) is 10.2. The van der Waals surface area contributed by atoms with Crippen LogP contribution in [0.3, 0.4) is 0 Å². The molecule has 11 heavy (non-hydrogen) atoms. The van der Waals surface area contributed by atoms with Crippen molar-refractivity contribution in [3.8, 4) is 0 Å². The highest BCUT2D eigenvalue weighted by molar-refractivity contribution is 5.73. The summed E-state index contributed by atoms with van der Waals surface area (Å²) in [5.41, 5.74) is 0.555. The molecular formula is C8H7NO2. The van der Waals surface area contributed by atoms with Crippen LogP contribution in [0.15, 0.2) is 29.2 Å². The Kier molecular flexibility index (Phi) is 2.38. The highest BCUT2D eigenvalue weighted by atomic mass is 16.1. The third kappa shape index (κ3) is 2.21. The monoisotopic (exact) mass is 149 g/mol. The van der Waals surface area contributed by atoms with E-state index in [1.165, 1.54) is 18.3 Å². The second-order valence-electron chi connectivity index (χ2n) is 1.98. The Balaban J connectivity index is 2.96. The molecule has 3 nitrogen and oxygen atoms in total. The molecule has 0 aliphatic carbocycles. The molecule has 0 bridgehead atoms. The minimum absolute atomic E-state index is 0.168. The number of carbonyl (C=O) groups excluding carboxylic acids is 1. The number of hydrogen-bond donors (Lipinski definition) is 1. The number of aldehydes is 1. The average Bonchev–Trinajstić information content (AvgIpc) is 2.01. The minimum Gasteiger partial charge on any atom is -0.329 e. The van der Waals surface area contributed by atoms with Gasteiger partial charge in [0.05, 0.1) is 0 Å². The van der Waals surface area contributed by atoms with E-state index in [2.05, 4.69) is 4.98 Å². The lowest BCUT2D eigenvalue weighted by atomic mass is 10.2. The first kappa shape index (κ1) is 7.47. The molecule has 0 aromatic carbocycles. The second kappa shape index (κ2) is 3.51. The molecule has 1 aromatic rings. The molecule has 1 heterocycles. The smallest absolute Gasteiger partial charge is 0.248 e. The van der Waals surface area contributed by atoms with Gasteiger partial charge in [0, 0.05) is 12.3 Å². The molecule has 3 heteroatoms. The molecule has 0 saturated heterocycles. The maximum atomic E-state index is 10.7. The molecule has 0 spiro atoms. The van der Waals surface area contributed by atoms with Crippen molar-refractivity contribution in [3.05, 3.63) is 40.3 Å². The van der Waals surface area contributed by atoms with Gasteiger partial charge >= 0.3 is 0 Å². The van der Waals surface area contributed by atoms with Crippen LogP contribution in [0.2, 0.25) is 0 Å². The Labute approximate surface area is 63.4 Å². The van der Waals surface area contributed by atoms with Crippen molar-refractivity contribution in [1.82, 2.24) is 4.98 Å². The third-order valence-electron chi connectivity index (χ3n) is 1.17. The van der Waals surface area contributed by atoms with E-state index in [0.717, 1.165) is 5.56 Å². The van der Waals surface area contributed by atoms with Crippen molar-refractivity contribution in [3.63, 3.8) is 0 Å². The highest BCUT2D eigenvalue weighted by Crippen LogP contribution is 1.94. The van der Waals surface area contributed by atoms with Crippen LogP contribution < -0.4 is 5.56 Å².